The van der Waals surface area contributed by atoms with Crippen LogP contribution in [0.1, 0.15) is 15.9 Å². The van der Waals surface area contributed by atoms with Gasteiger partial charge in [0, 0.05) is 19.2 Å². The first-order chi connectivity index (χ1) is 11.5. The van der Waals surface area contributed by atoms with E-state index in [9.17, 15) is 19.1 Å². The summed E-state index contributed by atoms with van der Waals surface area (Å²) in [4.78, 5) is 22.8. The van der Waals surface area contributed by atoms with Crippen LogP contribution in [0.25, 0.3) is 0 Å². The first kappa shape index (κ1) is 15.8. The molecule has 1 unspecified atom stereocenters. The van der Waals surface area contributed by atoms with Crippen molar-refractivity contribution in [1.29, 1.82) is 0 Å². The molecule has 1 aliphatic heterocycles. The summed E-state index contributed by atoms with van der Waals surface area (Å²) in [6, 6.07) is 11.6. The third-order valence-electron chi connectivity index (χ3n) is 3.43. The summed E-state index contributed by atoms with van der Waals surface area (Å²) in [7, 11) is -0.387. The Kier molecular flexibility index (Phi) is 4.09. The van der Waals surface area contributed by atoms with Crippen LogP contribution in [0.4, 0.5) is 11.4 Å². The molecule has 122 valence electrons. The first-order valence-electron chi connectivity index (χ1n) is 6.85. The van der Waals surface area contributed by atoms with Crippen molar-refractivity contribution in [3.8, 4) is 0 Å². The van der Waals surface area contributed by atoms with Gasteiger partial charge in [-0.05, 0) is 5.56 Å². The largest absolute Gasteiger partial charge is 0.277 e. The fourth-order valence-electron chi connectivity index (χ4n) is 2.25. The maximum atomic E-state index is 12.2. The molecule has 2 aromatic rings. The highest BCUT2D eigenvalue weighted by molar-refractivity contribution is 7.84. The Bertz CT molecular complexity index is 883. The van der Waals surface area contributed by atoms with E-state index in [0.717, 1.165) is 15.9 Å². The van der Waals surface area contributed by atoms with Crippen LogP contribution < -0.4 is 5.43 Å². The highest BCUT2D eigenvalue weighted by Crippen LogP contribution is 2.35. The molecule has 1 heterocycles. The van der Waals surface area contributed by atoms with E-state index in [1.807, 2.05) is 30.3 Å². The number of nitro groups is 1. The average molecular weight is 344 g/mol. The van der Waals surface area contributed by atoms with Crippen molar-refractivity contribution >= 4 is 34.5 Å². The quantitative estimate of drug-likeness (QED) is 0.520. The smallest absolute Gasteiger partial charge is 0.272 e. The number of nitrogens with zero attached hydrogens (tertiary/aromatic N) is 3. The Morgan fingerprint density at radius 3 is 2.67 bits per heavy atom. The number of carbonyl (C=O) groups is 1. The predicted molar refractivity (Wildman–Crippen MR) is 89.3 cm³/mol. The monoisotopic (exact) mass is 344 g/mol. The molecular formula is C15H12N4O4S. The minimum Gasteiger partial charge on any atom is -0.277 e. The summed E-state index contributed by atoms with van der Waals surface area (Å²) in [5.41, 5.74) is 3.48. The van der Waals surface area contributed by atoms with Gasteiger partial charge in [0.2, 0.25) is 0 Å². The lowest BCUT2D eigenvalue weighted by atomic mass is 10.1. The van der Waals surface area contributed by atoms with E-state index >= 15 is 0 Å². The Hall–Kier alpha value is -3.07. The standard InChI is InChI=1S/C15H12N4O4S/c1-18-15(20)14-12(17-16-9-10-5-3-2-4-6-10)7-11(19(21)22)8-13(14)24(18)23/h2-9,17H,1H3/b16-9+. The second-order valence-corrected chi connectivity index (χ2v) is 6.44. The lowest BCUT2D eigenvalue weighted by Gasteiger charge is -2.05. The normalized spacial score (nSPS) is 16.5. The van der Waals surface area contributed by atoms with E-state index in [1.54, 1.807) is 0 Å². The molecule has 2 aromatic carbocycles. The van der Waals surface area contributed by atoms with Crippen molar-refractivity contribution in [3.63, 3.8) is 0 Å². The molecule has 1 N–H and O–H groups in total. The molecule has 8 nitrogen and oxygen atoms in total. The minimum atomic E-state index is -1.76. The number of hydrogen-bond donors (Lipinski definition) is 1. The van der Waals surface area contributed by atoms with Gasteiger partial charge < -0.3 is 0 Å². The summed E-state index contributed by atoms with van der Waals surface area (Å²) < 4.78 is 13.2. The number of rotatable bonds is 4. The number of fused-ring (bicyclic) bond motifs is 1. The zero-order valence-corrected chi connectivity index (χ0v) is 13.3. The molecule has 0 bridgehead atoms. The van der Waals surface area contributed by atoms with Crippen LogP contribution in [0.2, 0.25) is 0 Å². The zero-order chi connectivity index (χ0) is 17.3. The van der Waals surface area contributed by atoms with Crippen molar-refractivity contribution < 1.29 is 13.9 Å². The number of hydrazone groups is 1. The van der Waals surface area contributed by atoms with Gasteiger partial charge in [-0.25, -0.2) is 4.21 Å². The van der Waals surface area contributed by atoms with Crippen LogP contribution >= 0.6 is 0 Å². The SMILES string of the molecule is CN1C(=O)c2c(N/N=C/c3ccccc3)cc([N+](=O)[O-])cc2S1=O. The number of carbonyl (C=O) groups excluding carboxylic acids is 1. The van der Waals surface area contributed by atoms with Gasteiger partial charge in [-0.2, -0.15) is 5.10 Å². The van der Waals surface area contributed by atoms with Crippen LogP contribution in [0, 0.1) is 10.1 Å². The average Bonchev–Trinajstić information content (AvgIpc) is 2.80. The van der Waals surface area contributed by atoms with E-state index in [1.165, 1.54) is 19.3 Å². The number of non-ortho nitro benzene ring substituents is 1. The van der Waals surface area contributed by atoms with E-state index in [4.69, 9.17) is 0 Å². The van der Waals surface area contributed by atoms with E-state index < -0.39 is 21.8 Å². The Balaban J connectivity index is 2.00. The highest BCUT2D eigenvalue weighted by Gasteiger charge is 2.36. The Morgan fingerprint density at radius 1 is 1.29 bits per heavy atom. The summed E-state index contributed by atoms with van der Waals surface area (Å²) in [5.74, 6) is -0.476. The molecule has 24 heavy (non-hydrogen) atoms. The van der Waals surface area contributed by atoms with Crippen LogP contribution in [-0.4, -0.2) is 32.6 Å². The van der Waals surface area contributed by atoms with Crippen molar-refractivity contribution in [1.82, 2.24) is 4.31 Å². The molecule has 0 aromatic heterocycles. The van der Waals surface area contributed by atoms with E-state index in [2.05, 4.69) is 10.5 Å². The maximum Gasteiger partial charge on any atom is 0.272 e. The summed E-state index contributed by atoms with van der Waals surface area (Å²) in [6.07, 6.45) is 1.52. The molecule has 0 fully saturated rings. The van der Waals surface area contributed by atoms with Gasteiger partial charge >= 0.3 is 0 Å². The van der Waals surface area contributed by atoms with Gasteiger partial charge in [0.05, 0.1) is 27.3 Å². The molecule has 0 saturated carbocycles. The van der Waals surface area contributed by atoms with Gasteiger partial charge in [0.1, 0.15) is 0 Å². The van der Waals surface area contributed by atoms with E-state index in [0.29, 0.717) is 0 Å². The maximum absolute atomic E-state index is 12.2. The van der Waals surface area contributed by atoms with Gasteiger partial charge in [-0.1, -0.05) is 30.3 Å². The number of nitro benzene ring substituents is 1. The molecule has 1 amide bonds. The van der Waals surface area contributed by atoms with Crippen LogP contribution in [0.3, 0.4) is 0 Å². The third kappa shape index (κ3) is 2.76. The molecule has 0 aliphatic carbocycles. The van der Waals surface area contributed by atoms with Gasteiger partial charge in [-0.3, -0.25) is 24.6 Å². The van der Waals surface area contributed by atoms with Crippen LogP contribution in [0.5, 0.6) is 0 Å². The predicted octanol–water partition coefficient (Wildman–Crippen LogP) is 2.15. The fourth-order valence-corrected chi connectivity index (χ4v) is 3.38. The van der Waals surface area contributed by atoms with Crippen molar-refractivity contribution in [2.45, 2.75) is 4.90 Å². The summed E-state index contributed by atoms with van der Waals surface area (Å²) in [5, 5.41) is 15.1. The molecule has 0 saturated heterocycles. The Labute approximate surface area is 139 Å². The van der Waals surface area contributed by atoms with Crippen molar-refractivity contribution in [3.05, 3.63) is 63.7 Å². The lowest BCUT2D eigenvalue weighted by Crippen LogP contribution is -2.20. The Morgan fingerprint density at radius 2 is 2.00 bits per heavy atom. The van der Waals surface area contributed by atoms with Crippen LogP contribution in [-0.2, 0) is 11.0 Å². The van der Waals surface area contributed by atoms with Crippen molar-refractivity contribution in [2.24, 2.45) is 5.10 Å². The lowest BCUT2D eigenvalue weighted by molar-refractivity contribution is -0.385. The van der Waals surface area contributed by atoms with Gasteiger partial charge in [0.25, 0.3) is 11.6 Å². The topological polar surface area (TPSA) is 105 Å². The zero-order valence-electron chi connectivity index (χ0n) is 12.5. The molecule has 3 rings (SSSR count). The van der Waals surface area contributed by atoms with Crippen molar-refractivity contribution in [2.75, 3.05) is 12.5 Å². The minimum absolute atomic E-state index is 0.106. The highest BCUT2D eigenvalue weighted by atomic mass is 32.2. The van der Waals surface area contributed by atoms with Crippen LogP contribution in [0.15, 0.2) is 52.5 Å². The molecule has 9 heteroatoms. The number of nitrogens with one attached hydrogen (secondary N) is 1. The number of hydrogen-bond acceptors (Lipinski definition) is 6. The fraction of sp³-hybridized carbons (Fsp3) is 0.0667. The summed E-state index contributed by atoms with van der Waals surface area (Å²) >= 11 is 0. The first-order valence-corrected chi connectivity index (χ1v) is 7.96. The number of benzene rings is 2. The molecular weight excluding hydrogens is 332 g/mol. The van der Waals surface area contributed by atoms with E-state index in [-0.39, 0.29) is 21.8 Å². The molecule has 1 atom stereocenters. The van der Waals surface area contributed by atoms with Gasteiger partial charge in [-0.15, -0.1) is 0 Å². The summed E-state index contributed by atoms with van der Waals surface area (Å²) in [6.45, 7) is 0. The third-order valence-corrected chi connectivity index (χ3v) is 4.79. The molecule has 0 radical (unpaired) electrons. The molecule has 0 spiro atoms. The van der Waals surface area contributed by atoms with Gasteiger partial charge in [0.15, 0.2) is 11.0 Å². The second kappa shape index (κ2) is 6.20. The number of anilines is 1. The number of amides is 1. The molecule has 1 aliphatic rings. The second-order valence-electron chi connectivity index (χ2n) is 4.96.